The van der Waals surface area contributed by atoms with Crippen molar-refractivity contribution >= 4 is 29.2 Å². The van der Waals surface area contributed by atoms with E-state index in [1.807, 2.05) is 58.1 Å². The van der Waals surface area contributed by atoms with Gasteiger partial charge in [-0.3, -0.25) is 19.2 Å². The van der Waals surface area contributed by atoms with Gasteiger partial charge in [0.15, 0.2) is 5.78 Å². The molecule has 4 fully saturated rings. The Bertz CT molecular complexity index is 1930. The van der Waals surface area contributed by atoms with Gasteiger partial charge in [0.05, 0.1) is 57.5 Å². The van der Waals surface area contributed by atoms with Crippen LogP contribution in [0.5, 0.6) is 0 Å². The zero-order valence-corrected chi connectivity index (χ0v) is 44.5. The Morgan fingerprint density at radius 3 is 2.28 bits per heavy atom. The standard InChI is InChI=1S/C56H87NO15/c1-34-15-11-10-12-16-35(2)47(70-33-42-31-68-32-42)29-43-20-18-40(7)56(65,72-43)53(62)54(63)57-22-14-13-17-44(57)55(64)71-48(37(4)27-41-19-21-46(69-24-23-58)49(28-41)66-8)30-45(59)36(3)26-39(6)51(61)52(67-9)50(60)38(5)25-34/h10-12,15-16,26,34,36-38,40-44,46-49,51-52,58,61,65H,13-14,17-25,27-33H2,1-9H3/t34-,36-,37-,38-,40-,41+,43+,44+,46-,47-,48+,49-,51-,52+,56-/m1/s1. The summed E-state index contributed by atoms with van der Waals surface area (Å²) >= 11 is 0. The molecular formula is C56H87NO15. The van der Waals surface area contributed by atoms with Crippen LogP contribution in [0.15, 0.2) is 47.6 Å². The van der Waals surface area contributed by atoms with Crippen LogP contribution in [0.1, 0.15) is 126 Å². The lowest BCUT2D eigenvalue weighted by molar-refractivity contribution is -0.266. The maximum absolute atomic E-state index is 14.6. The quantitative estimate of drug-likeness (QED) is 0.119. The molecule has 1 amide bonds. The van der Waals surface area contributed by atoms with E-state index < -0.39 is 77.8 Å². The molecule has 16 heteroatoms. The fraction of sp³-hybridized carbons (Fsp3) is 0.768. The summed E-state index contributed by atoms with van der Waals surface area (Å²) in [7, 11) is 3.01. The highest BCUT2D eigenvalue weighted by atomic mass is 16.6. The second kappa shape index (κ2) is 28.4. The number of piperidine rings is 1. The first kappa shape index (κ1) is 59.4. The normalized spacial score (nSPS) is 36.5. The summed E-state index contributed by atoms with van der Waals surface area (Å²) in [6, 6.07) is -1.15. The van der Waals surface area contributed by atoms with E-state index in [1.165, 1.54) is 12.0 Å². The summed E-state index contributed by atoms with van der Waals surface area (Å²) in [6.07, 6.45) is 12.0. The van der Waals surface area contributed by atoms with Gasteiger partial charge < -0.3 is 53.4 Å². The van der Waals surface area contributed by atoms with Crippen LogP contribution in [0.2, 0.25) is 0 Å². The molecule has 5 rings (SSSR count). The first-order valence-corrected chi connectivity index (χ1v) is 26.7. The lowest BCUT2D eigenvalue weighted by Crippen LogP contribution is -2.61. The number of aliphatic hydroxyl groups excluding tert-OH is 2. The van der Waals surface area contributed by atoms with Crippen molar-refractivity contribution in [2.24, 2.45) is 41.4 Å². The van der Waals surface area contributed by atoms with Crippen LogP contribution in [-0.4, -0.2) is 158 Å². The Labute approximate surface area is 428 Å². The number of aliphatic hydroxyl groups is 3. The number of Topliss-reactive ketones (excluding diaryl/α,β-unsaturated/α-hetero) is 3. The number of ketones is 3. The van der Waals surface area contributed by atoms with Gasteiger partial charge in [0.2, 0.25) is 5.79 Å². The van der Waals surface area contributed by atoms with Crippen molar-refractivity contribution in [3.63, 3.8) is 0 Å². The van der Waals surface area contributed by atoms with Crippen LogP contribution in [0.25, 0.3) is 0 Å². The summed E-state index contributed by atoms with van der Waals surface area (Å²) in [6.45, 7) is 14.6. The number of carbonyl (C=O) groups is 5. The minimum atomic E-state index is -2.45. The van der Waals surface area contributed by atoms with Gasteiger partial charge in [0.25, 0.3) is 11.7 Å². The molecule has 5 aliphatic rings. The molecule has 72 heavy (non-hydrogen) atoms. The van der Waals surface area contributed by atoms with Gasteiger partial charge in [0.1, 0.15) is 30.1 Å². The van der Waals surface area contributed by atoms with Crippen LogP contribution in [-0.2, 0) is 57.1 Å². The molecule has 16 nitrogen and oxygen atoms in total. The third-order valence-electron chi connectivity index (χ3n) is 15.8. The first-order chi connectivity index (χ1) is 34.3. The predicted molar refractivity (Wildman–Crippen MR) is 269 cm³/mol. The fourth-order valence-corrected chi connectivity index (χ4v) is 11.0. The number of methoxy groups -OCH3 is 2. The number of nitrogens with zero attached hydrogens (tertiary/aromatic N) is 1. The van der Waals surface area contributed by atoms with Crippen molar-refractivity contribution in [1.82, 2.24) is 4.90 Å². The molecule has 3 N–H and O–H groups in total. The molecule has 0 aromatic heterocycles. The van der Waals surface area contributed by atoms with E-state index in [9.17, 15) is 39.3 Å². The number of amides is 1. The molecule has 0 spiro atoms. The number of allylic oxidation sites excluding steroid dienone is 6. The molecule has 4 aliphatic heterocycles. The van der Waals surface area contributed by atoms with Gasteiger partial charge >= 0.3 is 5.97 Å². The number of ether oxygens (including phenoxy) is 7. The molecule has 0 unspecified atom stereocenters. The van der Waals surface area contributed by atoms with Crippen LogP contribution in [0.3, 0.4) is 0 Å². The number of cyclic esters (lactones) is 1. The van der Waals surface area contributed by atoms with Crippen LogP contribution < -0.4 is 0 Å². The van der Waals surface area contributed by atoms with Crippen molar-refractivity contribution < 1.29 is 72.5 Å². The van der Waals surface area contributed by atoms with Gasteiger partial charge in [-0.05, 0) is 107 Å². The largest absolute Gasteiger partial charge is 0.460 e. The minimum Gasteiger partial charge on any atom is -0.460 e. The summed E-state index contributed by atoms with van der Waals surface area (Å²) < 4.78 is 41.8. The molecule has 2 bridgehead atoms. The van der Waals surface area contributed by atoms with Crippen molar-refractivity contribution in [3.05, 3.63) is 47.6 Å². The highest BCUT2D eigenvalue weighted by Gasteiger charge is 2.53. The second-order valence-electron chi connectivity index (χ2n) is 21.7. The van der Waals surface area contributed by atoms with E-state index in [1.54, 1.807) is 34.0 Å². The Morgan fingerprint density at radius 2 is 1.60 bits per heavy atom. The molecule has 15 atom stereocenters. The van der Waals surface area contributed by atoms with E-state index in [4.69, 9.17) is 33.2 Å². The summed E-state index contributed by atoms with van der Waals surface area (Å²) in [4.78, 5) is 72.7. The van der Waals surface area contributed by atoms with Crippen LogP contribution in [0.4, 0.5) is 0 Å². The molecular weight excluding hydrogens is 927 g/mol. The van der Waals surface area contributed by atoms with Crippen molar-refractivity contribution in [3.8, 4) is 0 Å². The monoisotopic (exact) mass is 1010 g/mol. The van der Waals surface area contributed by atoms with Gasteiger partial charge in [-0.2, -0.15) is 0 Å². The molecule has 1 saturated carbocycles. The van der Waals surface area contributed by atoms with E-state index in [0.717, 1.165) is 12.0 Å². The van der Waals surface area contributed by atoms with E-state index in [2.05, 4.69) is 0 Å². The average Bonchev–Trinajstić information content (AvgIpc) is 3.34. The van der Waals surface area contributed by atoms with Crippen molar-refractivity contribution in [2.75, 3.05) is 53.8 Å². The average molecular weight is 1010 g/mol. The number of esters is 1. The second-order valence-corrected chi connectivity index (χ2v) is 21.7. The smallest absolute Gasteiger partial charge is 0.329 e. The lowest BCUT2D eigenvalue weighted by atomic mass is 9.78. The Balaban J connectivity index is 1.47. The SMILES string of the molecule is CO[C@@H]1C[C@H](C[C@@H](C)[C@@H]2CC(=O)[C@H](C)C=C(C)[C@@H](O)[C@@H](OC)C(=O)[C@H](C)C[C@H](C)C=CC=CC=C(C)[C@H](OCC3COC3)C[C@@H]3CC[C@@H](C)[C@@](O)(O3)C(=O)C(=O)N3CCCC[C@H]3C(=O)O2)CC[C@H]1OCCO. The predicted octanol–water partition coefficient (Wildman–Crippen LogP) is 6.21. The summed E-state index contributed by atoms with van der Waals surface area (Å²) in [5.41, 5.74) is 1.28. The molecule has 1 aliphatic carbocycles. The van der Waals surface area contributed by atoms with Crippen molar-refractivity contribution in [1.29, 1.82) is 0 Å². The van der Waals surface area contributed by atoms with E-state index >= 15 is 0 Å². The third kappa shape index (κ3) is 16.0. The maximum atomic E-state index is 14.6. The van der Waals surface area contributed by atoms with E-state index in [0.29, 0.717) is 83.2 Å². The zero-order chi connectivity index (χ0) is 52.7. The molecule has 0 aromatic carbocycles. The van der Waals surface area contributed by atoms with Crippen LogP contribution in [0, 0.1) is 41.4 Å². The molecule has 4 heterocycles. The van der Waals surface area contributed by atoms with Gasteiger partial charge in [-0.25, -0.2) is 4.79 Å². The molecule has 0 radical (unpaired) electrons. The fourth-order valence-electron chi connectivity index (χ4n) is 11.0. The number of hydrogen-bond donors (Lipinski definition) is 3. The molecule has 3 saturated heterocycles. The first-order valence-electron chi connectivity index (χ1n) is 26.7. The maximum Gasteiger partial charge on any atom is 0.329 e. The highest BCUT2D eigenvalue weighted by Crippen LogP contribution is 2.38. The third-order valence-corrected chi connectivity index (χ3v) is 15.8. The van der Waals surface area contributed by atoms with Gasteiger partial charge in [0, 0.05) is 57.3 Å². The minimum absolute atomic E-state index is 0.00566. The lowest BCUT2D eigenvalue weighted by Gasteiger charge is -2.43. The van der Waals surface area contributed by atoms with Crippen LogP contribution >= 0.6 is 0 Å². The topological polar surface area (TPSA) is 214 Å². The summed E-state index contributed by atoms with van der Waals surface area (Å²) in [5.74, 6) is -7.79. The Morgan fingerprint density at radius 1 is 0.847 bits per heavy atom. The number of rotatable bonds is 11. The summed E-state index contributed by atoms with van der Waals surface area (Å²) in [5, 5.41) is 33.0. The van der Waals surface area contributed by atoms with Crippen molar-refractivity contribution in [2.45, 2.75) is 180 Å². The Hall–Kier alpha value is -3.45. The number of hydrogen-bond acceptors (Lipinski definition) is 15. The van der Waals surface area contributed by atoms with E-state index in [-0.39, 0.29) is 80.0 Å². The highest BCUT2D eigenvalue weighted by molar-refractivity contribution is 6.39. The zero-order valence-electron chi connectivity index (χ0n) is 44.5. The molecule has 0 aromatic rings. The number of carbonyl (C=O) groups excluding carboxylic acids is 5. The van der Waals surface area contributed by atoms with Gasteiger partial charge in [-0.1, -0.05) is 71.1 Å². The van der Waals surface area contributed by atoms with Gasteiger partial charge in [-0.15, -0.1) is 0 Å². The molecule has 406 valence electrons. The Kier molecular flexibility index (Phi) is 23.5. The number of fused-ring (bicyclic) bond motifs is 3.